The summed E-state index contributed by atoms with van der Waals surface area (Å²) in [5.41, 5.74) is 46.4. The van der Waals surface area contributed by atoms with E-state index in [1.54, 1.807) is 14.2 Å². The summed E-state index contributed by atoms with van der Waals surface area (Å²) in [5.74, 6) is 8.55. The Morgan fingerprint density at radius 3 is 1.14 bits per heavy atom. The SMILES string of the molecule is CC(C)N1CC(=O)CC(N)C1.CC(C)N1CC(N)CC(Cc2ccccc2)C1.CC(C)Oc1cccc(OC(C)C)c1.CCOc1cccc(OC(C)C)c1.COc1cccc(C2CC(N)CN(C(C)C)C2)c1.COc1ccccc1C1CC(N)CN(C(C)C)C1.Cc1cccc(C2CC(N)CN(C(C)C)C2)c1.Cc1ccccc1C1CC(N)CN(C(C)C)C1. The van der Waals surface area contributed by atoms with E-state index in [1.165, 1.54) is 45.5 Å². The molecule has 0 aliphatic carbocycles. The number of aryl methyl sites for hydroxylation is 2. The van der Waals surface area contributed by atoms with Crippen molar-refractivity contribution >= 4 is 5.78 Å². The maximum atomic E-state index is 11.1. The van der Waals surface area contributed by atoms with E-state index in [-0.39, 0.29) is 42.2 Å². The van der Waals surface area contributed by atoms with Gasteiger partial charge in [0.1, 0.15) is 40.3 Å². The number of carbonyl (C=O) groups excluding carboxylic acids is 1. The highest BCUT2D eigenvalue weighted by Crippen LogP contribution is 2.36. The molecule has 0 aromatic heterocycles. The van der Waals surface area contributed by atoms with E-state index in [2.05, 4.69) is 236 Å². The molecular weight excluding hydrogens is 1550 g/mol. The van der Waals surface area contributed by atoms with Crippen molar-refractivity contribution in [2.24, 2.45) is 40.3 Å². The fourth-order valence-electron chi connectivity index (χ4n) is 17.6. The van der Waals surface area contributed by atoms with Gasteiger partial charge >= 0.3 is 0 Å². The minimum Gasteiger partial charge on any atom is -0.497 e. The van der Waals surface area contributed by atoms with Gasteiger partial charge in [-0.25, -0.2) is 0 Å². The third kappa shape index (κ3) is 39.2. The van der Waals surface area contributed by atoms with Gasteiger partial charge in [0.15, 0.2) is 0 Å². The van der Waals surface area contributed by atoms with E-state index >= 15 is 0 Å². The van der Waals surface area contributed by atoms with Crippen molar-refractivity contribution in [1.29, 1.82) is 0 Å². The summed E-state index contributed by atoms with van der Waals surface area (Å²) >= 11 is 0. The van der Waals surface area contributed by atoms with Crippen molar-refractivity contribution in [2.45, 2.75) is 305 Å². The van der Waals surface area contributed by atoms with Gasteiger partial charge in [0.25, 0.3) is 0 Å². The summed E-state index contributed by atoms with van der Waals surface area (Å²) in [6, 6.07) is 65.4. The number of rotatable bonds is 22. The number of nitrogens with zero attached hydrogens (tertiary/aromatic N) is 6. The van der Waals surface area contributed by atoms with Crippen LogP contribution in [0.4, 0.5) is 0 Å². The lowest BCUT2D eigenvalue weighted by Gasteiger charge is -2.39. The van der Waals surface area contributed by atoms with Crippen molar-refractivity contribution < 1.29 is 33.2 Å². The Kier molecular flexibility index (Phi) is 47.1. The molecule has 13 rings (SSSR count). The van der Waals surface area contributed by atoms with Crippen molar-refractivity contribution in [2.75, 3.05) is 99.4 Å². The molecule has 12 N–H and O–H groups in total. The topological polar surface area (TPSA) is 248 Å². The molecule has 7 aromatic rings. The summed E-state index contributed by atoms with van der Waals surface area (Å²) in [7, 11) is 3.45. The standard InChI is InChI=1S/2C15H24N2O.3C15H24N2.C12H18O2.C11H16O2.C8H16N2O/c1-11(2)17-9-13(7-14(16)10-17)12-5-4-6-15(8-12)18-3;1-11(2)17-9-12(8-13(16)10-17)14-6-4-5-7-15(14)18-3;1-11(2)17-9-14(8-15(16)10-17)13-6-4-5-12(3)7-13;1-11(2)17-9-13(8-14(16)10-17)15-7-5-4-6-12(15)3;1-12(2)17-10-14(9-15(16)11-17)8-13-6-4-3-5-7-13;1-9(2)13-11-6-5-7-12(8-11)14-10(3)4;1-4-12-10-6-5-7-11(8-10)13-9(2)3;1-6(2)10-4-7(9)3-8(11)5-10/h4-6,8,11,13-14H,7,9-10,16H2,1-3H3;4-7,11-13H,8-10,16H2,1-3H3;4-7,11,14-15H,8-10,16H2,1-3H3;4-7,11,13-14H,8-10,16H2,1-3H3;3-7,12,14-15H,8-11,16H2,1-2H3;5-10H,1-4H3;5-9H,4H2,1-3H3;6-7H,3-5,9H2,1-2H3. The zero-order valence-corrected chi connectivity index (χ0v) is 81.4. The van der Waals surface area contributed by atoms with Gasteiger partial charge in [-0.05, 0) is 283 Å². The average molecular weight is 1720 g/mol. The number of hydrogen-bond donors (Lipinski definition) is 6. The van der Waals surface area contributed by atoms with E-state index in [1.807, 2.05) is 115 Å². The zero-order valence-electron chi connectivity index (χ0n) is 81.4. The predicted octanol–water partition coefficient (Wildman–Crippen LogP) is 17.9. The minimum atomic E-state index is 0.0543. The first kappa shape index (κ1) is 106. The monoisotopic (exact) mass is 1720 g/mol. The maximum absolute atomic E-state index is 11.1. The van der Waals surface area contributed by atoms with Crippen molar-refractivity contribution in [3.05, 3.63) is 215 Å². The molecule has 6 saturated heterocycles. The third-order valence-corrected chi connectivity index (χ3v) is 24.1. The van der Waals surface area contributed by atoms with Crippen LogP contribution in [-0.4, -0.2) is 225 Å². The van der Waals surface area contributed by atoms with Crippen LogP contribution in [0.15, 0.2) is 176 Å². The molecule has 6 aliphatic rings. The van der Waals surface area contributed by atoms with Crippen LogP contribution in [0.1, 0.15) is 233 Å². The Morgan fingerprint density at radius 1 is 0.344 bits per heavy atom. The molecule has 0 radical (unpaired) electrons. The quantitative estimate of drug-likeness (QED) is 0.0369. The van der Waals surface area contributed by atoms with Crippen LogP contribution in [0, 0.1) is 19.8 Å². The summed E-state index contributed by atoms with van der Waals surface area (Å²) in [6.45, 7) is 58.0. The summed E-state index contributed by atoms with van der Waals surface area (Å²) in [4.78, 5) is 25.6. The highest BCUT2D eigenvalue weighted by molar-refractivity contribution is 5.81. The Morgan fingerprint density at radius 2 is 0.712 bits per heavy atom. The number of methoxy groups -OCH3 is 2. The molecule has 19 heteroatoms. The van der Waals surface area contributed by atoms with Gasteiger partial charge in [-0.3, -0.25) is 34.2 Å². The molecule has 6 aliphatic heterocycles. The summed E-state index contributed by atoms with van der Waals surface area (Å²) in [5, 5.41) is 0. The molecule has 11 unspecified atom stereocenters. The van der Waals surface area contributed by atoms with Crippen molar-refractivity contribution in [3.8, 4) is 34.5 Å². The van der Waals surface area contributed by atoms with Gasteiger partial charge in [-0.2, -0.15) is 0 Å². The number of hydrogen-bond acceptors (Lipinski definition) is 19. The number of piperidine rings is 6. The fraction of sp³-hybridized carbons (Fsp3) is 0.594. The molecule has 0 amide bonds. The van der Waals surface area contributed by atoms with E-state index in [4.69, 9.17) is 62.8 Å². The van der Waals surface area contributed by atoms with Gasteiger partial charge in [0, 0.05) is 169 Å². The molecule has 0 bridgehead atoms. The highest BCUT2D eigenvalue weighted by atomic mass is 16.5. The molecule has 6 fully saturated rings. The second-order valence-corrected chi connectivity index (χ2v) is 38.3. The lowest BCUT2D eigenvalue weighted by molar-refractivity contribution is -0.123. The number of benzene rings is 7. The van der Waals surface area contributed by atoms with Crippen LogP contribution < -0.4 is 62.8 Å². The smallest absolute Gasteiger partial charge is 0.148 e. The van der Waals surface area contributed by atoms with E-state index < -0.39 is 0 Å². The number of ether oxygens (including phenoxy) is 6. The largest absolute Gasteiger partial charge is 0.497 e. The first-order valence-electron chi connectivity index (χ1n) is 47.1. The van der Waals surface area contributed by atoms with E-state index in [0.29, 0.717) is 104 Å². The molecule has 0 spiro atoms. The normalized spacial score (nSPS) is 22.8. The number of carbonyl (C=O) groups is 1. The highest BCUT2D eigenvalue weighted by Gasteiger charge is 2.34. The molecule has 19 nitrogen and oxygen atoms in total. The second-order valence-electron chi connectivity index (χ2n) is 38.3. The van der Waals surface area contributed by atoms with Crippen LogP contribution in [0.25, 0.3) is 0 Å². The fourth-order valence-corrected chi connectivity index (χ4v) is 17.6. The second kappa shape index (κ2) is 55.4. The first-order valence-corrected chi connectivity index (χ1v) is 47.1. The number of nitrogens with two attached hydrogens (primary N) is 6. The van der Waals surface area contributed by atoms with Gasteiger partial charge < -0.3 is 62.8 Å². The number of likely N-dealkylation sites (tertiary alicyclic amines) is 6. The van der Waals surface area contributed by atoms with E-state index in [9.17, 15) is 4.79 Å². The van der Waals surface area contributed by atoms with Gasteiger partial charge in [-0.15, -0.1) is 0 Å². The molecule has 0 saturated carbocycles. The summed E-state index contributed by atoms with van der Waals surface area (Å²) < 4.78 is 32.8. The third-order valence-electron chi connectivity index (χ3n) is 24.1. The maximum Gasteiger partial charge on any atom is 0.148 e. The van der Waals surface area contributed by atoms with Crippen LogP contribution in [-0.2, 0) is 11.2 Å². The Hall–Kier alpha value is -7.47. The molecule has 125 heavy (non-hydrogen) atoms. The van der Waals surface area contributed by atoms with Crippen molar-refractivity contribution in [3.63, 3.8) is 0 Å². The Bertz CT molecular complexity index is 4080. The minimum absolute atomic E-state index is 0.0543. The number of ketones is 1. The molecule has 11 atom stereocenters. The average Bonchev–Trinajstić information content (AvgIpc) is 1.27. The summed E-state index contributed by atoms with van der Waals surface area (Å²) in [6.07, 6.45) is 7.84. The van der Waals surface area contributed by atoms with Crippen molar-refractivity contribution in [1.82, 2.24) is 29.4 Å². The molecule has 696 valence electrons. The predicted molar refractivity (Wildman–Crippen MR) is 525 cm³/mol. The Labute approximate surface area is 758 Å². The van der Waals surface area contributed by atoms with Gasteiger partial charge in [0.2, 0.25) is 0 Å². The van der Waals surface area contributed by atoms with Crippen LogP contribution >= 0.6 is 0 Å². The number of Topliss-reactive ketones (excluding diaryl/α,β-unsaturated/α-hetero) is 1. The number of para-hydroxylation sites is 1. The van der Waals surface area contributed by atoms with Crippen LogP contribution in [0.3, 0.4) is 0 Å². The van der Waals surface area contributed by atoms with Crippen LogP contribution in [0.2, 0.25) is 0 Å². The lowest BCUT2D eigenvalue weighted by atomic mass is 9.85. The Balaban J connectivity index is 0.000000222. The first-order chi connectivity index (χ1) is 59.4. The van der Waals surface area contributed by atoms with Gasteiger partial charge in [-0.1, -0.05) is 127 Å². The van der Waals surface area contributed by atoms with Crippen LogP contribution in [0.5, 0.6) is 34.5 Å². The lowest BCUT2D eigenvalue weighted by Crippen LogP contribution is -2.50. The zero-order chi connectivity index (χ0) is 92.0. The molecule has 6 heterocycles. The van der Waals surface area contributed by atoms with Gasteiger partial charge in [0.05, 0.1) is 45.7 Å². The molecule has 7 aromatic carbocycles. The molecular formula is C106H170N12O7. The van der Waals surface area contributed by atoms with E-state index in [0.717, 1.165) is 138 Å².